The number of hydrogen-bond donors (Lipinski definition) is 1. The van der Waals surface area contributed by atoms with Gasteiger partial charge in [-0.05, 0) is 32.4 Å². The average Bonchev–Trinajstić information content (AvgIpc) is 2.45. The second kappa shape index (κ2) is 5.64. The monoisotopic (exact) mass is 225 g/mol. The molecule has 1 unspecified atom stereocenters. The predicted molar refractivity (Wildman–Crippen MR) is 64.3 cm³/mol. The number of likely N-dealkylation sites (tertiary alicyclic amines) is 1. The van der Waals surface area contributed by atoms with Gasteiger partial charge in [-0.3, -0.25) is 4.79 Å². The summed E-state index contributed by atoms with van der Waals surface area (Å²) in [6.07, 6.45) is 3.23. The van der Waals surface area contributed by atoms with Crippen LogP contribution in [-0.4, -0.2) is 62.0 Å². The standard InChI is InChI=1S/C12H23N3O/c1-14-7-2-3-11(9-14)10-15-8-6-13-5-4-12(15)16/h11,13H,2-10H2,1H3. The lowest BCUT2D eigenvalue weighted by Crippen LogP contribution is -2.42. The molecule has 0 radical (unpaired) electrons. The summed E-state index contributed by atoms with van der Waals surface area (Å²) in [7, 11) is 2.18. The summed E-state index contributed by atoms with van der Waals surface area (Å²) in [5, 5.41) is 3.28. The predicted octanol–water partition coefficient (Wildman–Crippen LogP) is 0.150. The van der Waals surface area contributed by atoms with Crippen molar-refractivity contribution in [1.82, 2.24) is 15.1 Å². The van der Waals surface area contributed by atoms with Crippen LogP contribution < -0.4 is 5.32 Å². The van der Waals surface area contributed by atoms with Crippen molar-refractivity contribution in [2.24, 2.45) is 5.92 Å². The Kier molecular flexibility index (Phi) is 4.18. The molecule has 2 aliphatic heterocycles. The number of carbonyl (C=O) groups is 1. The second-order valence-corrected chi connectivity index (χ2v) is 5.11. The number of nitrogens with zero attached hydrogens (tertiary/aromatic N) is 2. The Hall–Kier alpha value is -0.610. The second-order valence-electron chi connectivity index (χ2n) is 5.11. The molecule has 0 aromatic rings. The Morgan fingerprint density at radius 1 is 1.38 bits per heavy atom. The maximum atomic E-state index is 11.8. The van der Waals surface area contributed by atoms with E-state index in [0.717, 1.165) is 32.7 Å². The molecule has 16 heavy (non-hydrogen) atoms. The summed E-state index contributed by atoms with van der Waals surface area (Å²) in [5.74, 6) is 1.01. The third-order valence-corrected chi connectivity index (χ3v) is 3.63. The van der Waals surface area contributed by atoms with Gasteiger partial charge in [0, 0.05) is 39.1 Å². The Morgan fingerprint density at radius 3 is 3.06 bits per heavy atom. The van der Waals surface area contributed by atoms with Crippen LogP contribution in [0.2, 0.25) is 0 Å². The quantitative estimate of drug-likeness (QED) is 0.726. The molecule has 2 aliphatic rings. The van der Waals surface area contributed by atoms with Crippen molar-refractivity contribution in [2.75, 3.05) is 46.3 Å². The van der Waals surface area contributed by atoms with E-state index in [1.807, 2.05) is 0 Å². The topological polar surface area (TPSA) is 35.6 Å². The fourth-order valence-corrected chi connectivity index (χ4v) is 2.74. The van der Waals surface area contributed by atoms with Gasteiger partial charge in [0.1, 0.15) is 0 Å². The molecule has 0 aliphatic carbocycles. The summed E-state index contributed by atoms with van der Waals surface area (Å²) in [6.45, 7) is 6.02. The van der Waals surface area contributed by atoms with Gasteiger partial charge in [0.15, 0.2) is 0 Å². The lowest BCUT2D eigenvalue weighted by atomic mass is 9.98. The van der Waals surface area contributed by atoms with Crippen LogP contribution in [0.15, 0.2) is 0 Å². The maximum Gasteiger partial charge on any atom is 0.223 e. The van der Waals surface area contributed by atoms with Gasteiger partial charge in [0.05, 0.1) is 0 Å². The van der Waals surface area contributed by atoms with E-state index in [-0.39, 0.29) is 0 Å². The van der Waals surface area contributed by atoms with Crippen molar-refractivity contribution in [2.45, 2.75) is 19.3 Å². The Morgan fingerprint density at radius 2 is 2.25 bits per heavy atom. The fraction of sp³-hybridized carbons (Fsp3) is 0.917. The highest BCUT2D eigenvalue weighted by molar-refractivity contribution is 5.76. The van der Waals surface area contributed by atoms with E-state index in [9.17, 15) is 4.79 Å². The molecule has 1 N–H and O–H groups in total. The first kappa shape index (κ1) is 11.9. The zero-order chi connectivity index (χ0) is 11.4. The van der Waals surface area contributed by atoms with Crippen LogP contribution in [0.3, 0.4) is 0 Å². The van der Waals surface area contributed by atoms with Crippen LogP contribution in [0.4, 0.5) is 0 Å². The highest BCUT2D eigenvalue weighted by Crippen LogP contribution is 2.16. The lowest BCUT2D eigenvalue weighted by Gasteiger charge is -2.33. The molecule has 0 bridgehead atoms. The van der Waals surface area contributed by atoms with Crippen molar-refractivity contribution in [1.29, 1.82) is 0 Å². The number of hydrogen-bond acceptors (Lipinski definition) is 3. The molecule has 4 nitrogen and oxygen atoms in total. The van der Waals surface area contributed by atoms with Gasteiger partial charge < -0.3 is 15.1 Å². The maximum absolute atomic E-state index is 11.8. The van der Waals surface area contributed by atoms with Gasteiger partial charge in [0.2, 0.25) is 5.91 Å². The van der Waals surface area contributed by atoms with E-state index in [1.54, 1.807) is 0 Å². The fourth-order valence-electron chi connectivity index (χ4n) is 2.74. The molecule has 0 spiro atoms. The molecule has 0 aromatic carbocycles. The number of rotatable bonds is 2. The molecule has 1 atom stereocenters. The van der Waals surface area contributed by atoms with E-state index >= 15 is 0 Å². The van der Waals surface area contributed by atoms with Crippen LogP contribution >= 0.6 is 0 Å². The summed E-state index contributed by atoms with van der Waals surface area (Å²) in [5.41, 5.74) is 0. The van der Waals surface area contributed by atoms with E-state index in [1.165, 1.54) is 19.4 Å². The van der Waals surface area contributed by atoms with Gasteiger partial charge >= 0.3 is 0 Å². The number of amides is 1. The molecule has 1 amide bonds. The average molecular weight is 225 g/mol. The van der Waals surface area contributed by atoms with Crippen LogP contribution in [-0.2, 0) is 4.79 Å². The van der Waals surface area contributed by atoms with Crippen molar-refractivity contribution < 1.29 is 4.79 Å². The van der Waals surface area contributed by atoms with E-state index in [0.29, 0.717) is 18.2 Å². The smallest absolute Gasteiger partial charge is 0.223 e. The molecule has 2 fully saturated rings. The normalized spacial score (nSPS) is 29.2. The summed E-state index contributed by atoms with van der Waals surface area (Å²) in [6, 6.07) is 0. The first-order chi connectivity index (χ1) is 7.75. The van der Waals surface area contributed by atoms with E-state index in [4.69, 9.17) is 0 Å². The summed E-state index contributed by atoms with van der Waals surface area (Å²) in [4.78, 5) is 16.3. The molecular weight excluding hydrogens is 202 g/mol. The molecule has 2 rings (SSSR count). The van der Waals surface area contributed by atoms with Gasteiger partial charge in [-0.2, -0.15) is 0 Å². The SMILES string of the molecule is CN1CCCC(CN2CCNCCC2=O)C1. The first-order valence-corrected chi connectivity index (χ1v) is 6.43. The van der Waals surface area contributed by atoms with Gasteiger partial charge in [-0.1, -0.05) is 0 Å². The Labute approximate surface area is 98.0 Å². The van der Waals surface area contributed by atoms with Gasteiger partial charge in [-0.15, -0.1) is 0 Å². The van der Waals surface area contributed by atoms with E-state index in [2.05, 4.69) is 22.2 Å². The van der Waals surface area contributed by atoms with Crippen molar-refractivity contribution in [3.63, 3.8) is 0 Å². The minimum atomic E-state index is 0.332. The molecule has 92 valence electrons. The zero-order valence-corrected chi connectivity index (χ0v) is 10.2. The van der Waals surface area contributed by atoms with Crippen LogP contribution in [0.1, 0.15) is 19.3 Å². The van der Waals surface area contributed by atoms with Crippen LogP contribution in [0.5, 0.6) is 0 Å². The molecule has 4 heteroatoms. The van der Waals surface area contributed by atoms with Crippen molar-refractivity contribution >= 4 is 5.91 Å². The largest absolute Gasteiger partial charge is 0.341 e. The Bertz CT molecular complexity index is 244. The first-order valence-electron chi connectivity index (χ1n) is 6.43. The highest BCUT2D eigenvalue weighted by atomic mass is 16.2. The zero-order valence-electron chi connectivity index (χ0n) is 10.2. The van der Waals surface area contributed by atoms with Gasteiger partial charge in [-0.25, -0.2) is 0 Å². The molecule has 0 aromatic heterocycles. The molecular formula is C12H23N3O. The van der Waals surface area contributed by atoms with E-state index < -0.39 is 0 Å². The van der Waals surface area contributed by atoms with Crippen molar-refractivity contribution in [3.8, 4) is 0 Å². The van der Waals surface area contributed by atoms with Gasteiger partial charge in [0.25, 0.3) is 0 Å². The highest BCUT2D eigenvalue weighted by Gasteiger charge is 2.23. The minimum Gasteiger partial charge on any atom is -0.341 e. The molecule has 2 saturated heterocycles. The molecule has 2 heterocycles. The number of nitrogens with one attached hydrogen (secondary N) is 1. The third-order valence-electron chi connectivity index (χ3n) is 3.63. The lowest BCUT2D eigenvalue weighted by molar-refractivity contribution is -0.131. The molecule has 0 saturated carbocycles. The van der Waals surface area contributed by atoms with Crippen LogP contribution in [0.25, 0.3) is 0 Å². The number of carbonyl (C=O) groups excluding carboxylic acids is 1. The Balaban J connectivity index is 1.84. The third kappa shape index (κ3) is 3.19. The van der Waals surface area contributed by atoms with Crippen LogP contribution in [0, 0.1) is 5.92 Å². The number of piperidine rings is 1. The summed E-state index contributed by atoms with van der Waals surface area (Å²) < 4.78 is 0. The minimum absolute atomic E-state index is 0.332. The summed E-state index contributed by atoms with van der Waals surface area (Å²) >= 11 is 0. The van der Waals surface area contributed by atoms with Crippen molar-refractivity contribution in [3.05, 3.63) is 0 Å².